The van der Waals surface area contributed by atoms with Gasteiger partial charge >= 0.3 is 18.1 Å². The molecule has 0 bridgehead atoms. The third-order valence-electron chi connectivity index (χ3n) is 9.20. The van der Waals surface area contributed by atoms with E-state index in [1.807, 2.05) is 18.2 Å². The average Bonchev–Trinajstić information content (AvgIpc) is 3.11. The van der Waals surface area contributed by atoms with Crippen molar-refractivity contribution in [3.8, 4) is 16.9 Å². The number of esters is 2. The number of unbranched alkanes of at least 4 members (excludes halogenated alkanes) is 6. The topological polar surface area (TPSA) is 78.9 Å². The molecule has 0 amide bonds. The summed E-state index contributed by atoms with van der Waals surface area (Å²) in [6.45, 7) is 4.52. The Labute approximate surface area is 293 Å². The standard InChI is InChI=1S/C41H49F3O6/c1-3-5-6-7-8-9-10-12-37(45)34-20-18-33-28-35(21-19-32(33)27-34)40(47)49-36-24-22-30(23-25-36)29-14-16-31(17-15-29)39(46)50-38(41(42,43)44)13-11-26-48-4-2/h14-18,20,22-25,27,35,38H,3-13,19,21,26,28H2,1-2H3. The molecule has 4 rings (SSSR count). The molecule has 3 aromatic carbocycles. The van der Waals surface area contributed by atoms with Gasteiger partial charge in [-0.25, -0.2) is 4.79 Å². The normalized spacial score (nSPS) is 14.9. The van der Waals surface area contributed by atoms with Gasteiger partial charge in [0, 0.05) is 25.2 Å². The number of hydrogen-bond acceptors (Lipinski definition) is 6. The van der Waals surface area contributed by atoms with E-state index in [4.69, 9.17) is 14.2 Å². The highest BCUT2D eigenvalue weighted by atomic mass is 19.4. The zero-order valence-electron chi connectivity index (χ0n) is 29.2. The lowest BCUT2D eigenvalue weighted by molar-refractivity contribution is -0.206. The van der Waals surface area contributed by atoms with E-state index < -0.39 is 18.2 Å². The molecule has 0 spiro atoms. The molecule has 0 aromatic heterocycles. The number of ketones is 1. The van der Waals surface area contributed by atoms with Gasteiger partial charge in [-0.2, -0.15) is 13.2 Å². The molecule has 50 heavy (non-hydrogen) atoms. The summed E-state index contributed by atoms with van der Waals surface area (Å²) in [6, 6.07) is 18.9. The molecule has 0 fully saturated rings. The monoisotopic (exact) mass is 694 g/mol. The van der Waals surface area contributed by atoms with Crippen LogP contribution in [0.4, 0.5) is 13.2 Å². The Balaban J connectivity index is 1.25. The maximum absolute atomic E-state index is 13.4. The first-order chi connectivity index (χ1) is 24.1. The number of Topliss-reactive ketones (excluding diaryl/α,β-unsaturated/α-hetero) is 1. The second kappa shape index (κ2) is 19.4. The molecule has 0 heterocycles. The molecule has 0 radical (unpaired) electrons. The summed E-state index contributed by atoms with van der Waals surface area (Å²) in [5, 5.41) is 0. The largest absolute Gasteiger partial charge is 0.449 e. The Bertz CT molecular complexity index is 1530. The van der Waals surface area contributed by atoms with E-state index in [2.05, 4.69) is 6.92 Å². The SMILES string of the molecule is CCCCCCCCCC(=O)c1ccc2c(c1)CCC(C(=O)Oc1ccc(-c3ccc(C(=O)OC(CCCOCC)C(F)(F)F)cc3)cc1)C2. The molecule has 0 saturated carbocycles. The van der Waals surface area contributed by atoms with Crippen LogP contribution in [0.3, 0.4) is 0 Å². The zero-order chi connectivity index (χ0) is 35.9. The quantitative estimate of drug-likeness (QED) is 0.0538. The molecule has 1 aliphatic rings. The van der Waals surface area contributed by atoms with Crippen LogP contribution in [0, 0.1) is 5.92 Å². The lowest BCUT2D eigenvalue weighted by atomic mass is 9.82. The van der Waals surface area contributed by atoms with Gasteiger partial charge in [-0.05, 0) is 98.0 Å². The minimum atomic E-state index is -4.67. The molecular weight excluding hydrogens is 645 g/mol. The van der Waals surface area contributed by atoms with Crippen molar-refractivity contribution in [2.45, 2.75) is 110 Å². The van der Waals surface area contributed by atoms with Crippen molar-refractivity contribution in [2.24, 2.45) is 5.92 Å². The Morgan fingerprint density at radius 1 is 0.780 bits per heavy atom. The fraction of sp³-hybridized carbons (Fsp3) is 0.488. The average molecular weight is 695 g/mol. The van der Waals surface area contributed by atoms with Crippen LogP contribution in [0.25, 0.3) is 11.1 Å². The number of hydrogen-bond donors (Lipinski definition) is 0. The first-order valence-corrected chi connectivity index (χ1v) is 18.0. The van der Waals surface area contributed by atoms with Crippen LogP contribution >= 0.6 is 0 Å². The van der Waals surface area contributed by atoms with E-state index in [9.17, 15) is 27.6 Å². The molecule has 0 saturated heterocycles. The summed E-state index contributed by atoms with van der Waals surface area (Å²) in [7, 11) is 0. The molecule has 0 aliphatic heterocycles. The number of ether oxygens (including phenoxy) is 3. The first-order valence-electron chi connectivity index (χ1n) is 18.0. The van der Waals surface area contributed by atoms with Gasteiger partial charge in [0.05, 0.1) is 11.5 Å². The van der Waals surface area contributed by atoms with Crippen molar-refractivity contribution in [1.82, 2.24) is 0 Å². The fourth-order valence-electron chi connectivity index (χ4n) is 6.23. The molecule has 9 heteroatoms. The highest BCUT2D eigenvalue weighted by Gasteiger charge is 2.42. The molecule has 3 aromatic rings. The van der Waals surface area contributed by atoms with Gasteiger partial charge in [0.25, 0.3) is 0 Å². The Hall–Kier alpha value is -3.98. The summed E-state index contributed by atoms with van der Waals surface area (Å²) in [5.41, 5.74) is 4.47. The minimum Gasteiger partial charge on any atom is -0.449 e. The summed E-state index contributed by atoms with van der Waals surface area (Å²) >= 11 is 0. The van der Waals surface area contributed by atoms with Crippen molar-refractivity contribution in [2.75, 3.05) is 13.2 Å². The summed E-state index contributed by atoms with van der Waals surface area (Å²) in [6.07, 6.45) is 3.56. The van der Waals surface area contributed by atoms with Gasteiger partial charge in [0.1, 0.15) is 5.75 Å². The molecule has 0 N–H and O–H groups in total. The van der Waals surface area contributed by atoms with Crippen LogP contribution in [-0.4, -0.2) is 43.2 Å². The second-order valence-corrected chi connectivity index (χ2v) is 13.0. The van der Waals surface area contributed by atoms with Crippen LogP contribution in [0.1, 0.15) is 116 Å². The Morgan fingerprint density at radius 3 is 2.08 bits per heavy atom. The van der Waals surface area contributed by atoms with Crippen LogP contribution in [0.5, 0.6) is 5.75 Å². The predicted molar refractivity (Wildman–Crippen MR) is 187 cm³/mol. The second-order valence-electron chi connectivity index (χ2n) is 13.0. The molecule has 270 valence electrons. The molecule has 6 nitrogen and oxygen atoms in total. The predicted octanol–water partition coefficient (Wildman–Crippen LogP) is 10.3. The van der Waals surface area contributed by atoms with Crippen LogP contribution in [-0.2, 0) is 27.1 Å². The van der Waals surface area contributed by atoms with E-state index in [0.717, 1.165) is 40.7 Å². The fourth-order valence-corrected chi connectivity index (χ4v) is 6.23. The zero-order valence-corrected chi connectivity index (χ0v) is 29.2. The van der Waals surface area contributed by atoms with Gasteiger partial charge in [0.2, 0.25) is 0 Å². The third kappa shape index (κ3) is 11.8. The number of halogens is 3. The van der Waals surface area contributed by atoms with Crippen LogP contribution < -0.4 is 4.74 Å². The summed E-state index contributed by atoms with van der Waals surface area (Å²) in [5.74, 6) is -1.05. The number of alkyl halides is 3. The number of rotatable bonds is 19. The number of carbonyl (C=O) groups is 3. The van der Waals surface area contributed by atoms with E-state index in [1.165, 1.54) is 44.2 Å². The summed E-state index contributed by atoms with van der Waals surface area (Å²) in [4.78, 5) is 38.3. The maximum Gasteiger partial charge on any atom is 0.425 e. The van der Waals surface area contributed by atoms with Gasteiger partial charge < -0.3 is 14.2 Å². The smallest absolute Gasteiger partial charge is 0.425 e. The van der Waals surface area contributed by atoms with E-state index in [0.29, 0.717) is 38.0 Å². The molecule has 2 atom stereocenters. The number of benzene rings is 3. The Morgan fingerprint density at radius 2 is 1.42 bits per heavy atom. The Kier molecular flexibility index (Phi) is 15.1. The van der Waals surface area contributed by atoms with Gasteiger partial charge in [-0.3, -0.25) is 9.59 Å². The highest BCUT2D eigenvalue weighted by molar-refractivity contribution is 5.96. The van der Waals surface area contributed by atoms with Crippen LogP contribution in [0.2, 0.25) is 0 Å². The van der Waals surface area contributed by atoms with Crippen molar-refractivity contribution in [3.63, 3.8) is 0 Å². The minimum absolute atomic E-state index is 0.0127. The lowest BCUT2D eigenvalue weighted by Gasteiger charge is -2.23. The van der Waals surface area contributed by atoms with Crippen molar-refractivity contribution < 1.29 is 41.8 Å². The number of aryl methyl sites for hydroxylation is 1. The highest BCUT2D eigenvalue weighted by Crippen LogP contribution is 2.31. The van der Waals surface area contributed by atoms with Crippen molar-refractivity contribution in [3.05, 3.63) is 89.0 Å². The molecule has 1 aliphatic carbocycles. The number of carbonyl (C=O) groups excluding carboxylic acids is 3. The van der Waals surface area contributed by atoms with Crippen molar-refractivity contribution in [1.29, 1.82) is 0 Å². The van der Waals surface area contributed by atoms with E-state index in [1.54, 1.807) is 43.3 Å². The number of fused-ring (bicyclic) bond motifs is 1. The summed E-state index contributed by atoms with van der Waals surface area (Å²) < 4.78 is 55.9. The van der Waals surface area contributed by atoms with E-state index in [-0.39, 0.29) is 42.7 Å². The third-order valence-corrected chi connectivity index (χ3v) is 9.20. The lowest BCUT2D eigenvalue weighted by Crippen LogP contribution is -2.34. The van der Waals surface area contributed by atoms with Gasteiger partial charge in [-0.1, -0.05) is 81.8 Å². The molecule has 2 unspecified atom stereocenters. The maximum atomic E-state index is 13.4. The molecular formula is C41H49F3O6. The van der Waals surface area contributed by atoms with Crippen molar-refractivity contribution >= 4 is 17.7 Å². The van der Waals surface area contributed by atoms with E-state index >= 15 is 0 Å². The van der Waals surface area contributed by atoms with Crippen LogP contribution in [0.15, 0.2) is 66.7 Å². The van der Waals surface area contributed by atoms with Gasteiger partial charge in [-0.15, -0.1) is 0 Å². The van der Waals surface area contributed by atoms with Gasteiger partial charge in [0.15, 0.2) is 11.9 Å². The first kappa shape index (κ1) is 38.8.